The van der Waals surface area contributed by atoms with Crippen molar-refractivity contribution in [3.8, 4) is 23.3 Å². The van der Waals surface area contributed by atoms with Crippen molar-refractivity contribution >= 4 is 0 Å². The van der Waals surface area contributed by atoms with E-state index in [2.05, 4.69) is 6.07 Å². The summed E-state index contributed by atoms with van der Waals surface area (Å²) in [5.74, 6) is 1.45. The number of hydrogen-bond acceptors (Lipinski definition) is 3. The van der Waals surface area contributed by atoms with Gasteiger partial charge in [0, 0.05) is 17.5 Å². The van der Waals surface area contributed by atoms with Crippen molar-refractivity contribution in [3.63, 3.8) is 0 Å². The number of ether oxygens (including phenoxy) is 2. The molecule has 0 unspecified atom stereocenters. The van der Waals surface area contributed by atoms with Crippen LogP contribution >= 0.6 is 0 Å². The lowest BCUT2D eigenvalue weighted by atomic mass is 10.2. The molecule has 0 spiro atoms. The van der Waals surface area contributed by atoms with E-state index in [-0.39, 0.29) is 0 Å². The van der Waals surface area contributed by atoms with Gasteiger partial charge in [-0.3, -0.25) is 0 Å². The lowest BCUT2D eigenvalue weighted by Crippen LogP contribution is -2.02. The maximum atomic E-state index is 9.10. The molecule has 0 fully saturated rings. The molecular weight excluding hydrogens is 240 g/mol. The third-order valence-corrected chi connectivity index (χ3v) is 3.18. The highest BCUT2D eigenvalue weighted by atomic mass is 16.5. The van der Waals surface area contributed by atoms with Crippen LogP contribution in [0.4, 0.5) is 0 Å². The molecule has 0 atom stereocenters. The maximum absolute atomic E-state index is 9.10. The van der Waals surface area contributed by atoms with E-state index in [9.17, 15) is 0 Å². The Bertz CT molecular complexity index is 651. The molecule has 4 nitrogen and oxygen atoms in total. The van der Waals surface area contributed by atoms with Crippen molar-refractivity contribution in [3.05, 3.63) is 41.2 Å². The number of methoxy groups -OCH3 is 2. The lowest BCUT2D eigenvalue weighted by molar-refractivity contribution is 0.393. The van der Waals surface area contributed by atoms with E-state index in [1.807, 2.05) is 42.7 Å². The quantitative estimate of drug-likeness (QED) is 0.848. The molecule has 0 saturated carbocycles. The molecule has 98 valence electrons. The highest BCUT2D eigenvalue weighted by Gasteiger charge is 2.14. The number of aryl methyl sites for hydroxylation is 1. The van der Waals surface area contributed by atoms with Crippen LogP contribution in [-0.4, -0.2) is 18.8 Å². The molecule has 2 aromatic rings. The number of benzene rings is 1. The van der Waals surface area contributed by atoms with E-state index < -0.39 is 0 Å². The van der Waals surface area contributed by atoms with Gasteiger partial charge in [-0.15, -0.1) is 0 Å². The van der Waals surface area contributed by atoms with E-state index in [1.54, 1.807) is 14.2 Å². The van der Waals surface area contributed by atoms with E-state index in [0.717, 1.165) is 22.8 Å². The van der Waals surface area contributed by atoms with Crippen LogP contribution in [-0.2, 0) is 0 Å². The van der Waals surface area contributed by atoms with Gasteiger partial charge < -0.3 is 14.0 Å². The molecule has 0 aliphatic heterocycles. The summed E-state index contributed by atoms with van der Waals surface area (Å²) in [7, 11) is 3.24. The Hall–Kier alpha value is -2.41. The highest BCUT2D eigenvalue weighted by molar-refractivity contribution is 5.55. The summed E-state index contributed by atoms with van der Waals surface area (Å²) in [4.78, 5) is 0. The second-order valence-electron chi connectivity index (χ2n) is 4.27. The summed E-state index contributed by atoms with van der Waals surface area (Å²) in [5.41, 5.74) is 3.48. The normalized spacial score (nSPS) is 10.1. The van der Waals surface area contributed by atoms with Gasteiger partial charge in [-0.25, -0.2) is 0 Å². The fraction of sp³-hybridized carbons (Fsp3) is 0.267. The van der Waals surface area contributed by atoms with Gasteiger partial charge in [0.15, 0.2) is 0 Å². The number of rotatable bonds is 3. The minimum absolute atomic E-state index is 0.676. The van der Waals surface area contributed by atoms with Crippen molar-refractivity contribution in [2.24, 2.45) is 0 Å². The molecule has 0 aliphatic carbocycles. The predicted molar refractivity (Wildman–Crippen MR) is 73.1 cm³/mol. The van der Waals surface area contributed by atoms with Crippen LogP contribution in [0, 0.1) is 25.2 Å². The van der Waals surface area contributed by atoms with Gasteiger partial charge in [0.1, 0.15) is 17.6 Å². The third kappa shape index (κ3) is 2.15. The minimum Gasteiger partial charge on any atom is -0.497 e. The molecule has 0 bridgehead atoms. The molecular formula is C15H16N2O2. The van der Waals surface area contributed by atoms with Crippen LogP contribution in [0.15, 0.2) is 24.3 Å². The van der Waals surface area contributed by atoms with Gasteiger partial charge in [0.05, 0.1) is 25.5 Å². The van der Waals surface area contributed by atoms with Gasteiger partial charge in [-0.1, -0.05) is 0 Å². The Morgan fingerprint density at radius 3 is 2.37 bits per heavy atom. The number of nitrogens with zero attached hydrogens (tertiary/aromatic N) is 2. The largest absolute Gasteiger partial charge is 0.497 e. The summed E-state index contributed by atoms with van der Waals surface area (Å²) >= 11 is 0. The van der Waals surface area contributed by atoms with E-state index >= 15 is 0 Å². The topological polar surface area (TPSA) is 47.2 Å². The van der Waals surface area contributed by atoms with Crippen molar-refractivity contribution in [2.45, 2.75) is 13.8 Å². The molecule has 0 saturated heterocycles. The summed E-state index contributed by atoms with van der Waals surface area (Å²) in [6, 6.07) is 9.71. The Morgan fingerprint density at radius 1 is 1.11 bits per heavy atom. The Kier molecular flexibility index (Phi) is 3.48. The van der Waals surface area contributed by atoms with Crippen molar-refractivity contribution in [1.82, 2.24) is 4.57 Å². The fourth-order valence-corrected chi connectivity index (χ4v) is 2.22. The van der Waals surface area contributed by atoms with Crippen LogP contribution < -0.4 is 9.47 Å². The molecule has 2 rings (SSSR count). The van der Waals surface area contributed by atoms with Crippen LogP contribution in [0.3, 0.4) is 0 Å². The first-order chi connectivity index (χ1) is 9.12. The first kappa shape index (κ1) is 13.0. The third-order valence-electron chi connectivity index (χ3n) is 3.18. The first-order valence-electron chi connectivity index (χ1n) is 5.93. The lowest BCUT2D eigenvalue weighted by Gasteiger charge is -2.14. The summed E-state index contributed by atoms with van der Waals surface area (Å²) < 4.78 is 12.6. The molecule has 0 aliphatic rings. The Labute approximate surface area is 112 Å². The van der Waals surface area contributed by atoms with E-state index in [0.29, 0.717) is 11.3 Å². The number of hydrogen-bond donors (Lipinski definition) is 0. The van der Waals surface area contributed by atoms with Crippen LogP contribution in [0.2, 0.25) is 0 Å². The zero-order valence-electron chi connectivity index (χ0n) is 11.5. The molecule has 1 heterocycles. The van der Waals surface area contributed by atoms with Crippen LogP contribution in [0.5, 0.6) is 11.5 Å². The molecule has 0 radical (unpaired) electrons. The zero-order chi connectivity index (χ0) is 14.0. The molecule has 19 heavy (non-hydrogen) atoms. The SMILES string of the molecule is COc1ccc(-n2c(C)cc(C#N)c2C)c(OC)c1. The maximum Gasteiger partial charge on any atom is 0.146 e. The second kappa shape index (κ2) is 5.07. The van der Waals surface area contributed by atoms with Crippen molar-refractivity contribution < 1.29 is 9.47 Å². The Balaban J connectivity index is 2.66. The molecule has 1 aromatic carbocycles. The van der Waals surface area contributed by atoms with Gasteiger partial charge in [0.25, 0.3) is 0 Å². The molecule has 1 aromatic heterocycles. The van der Waals surface area contributed by atoms with Gasteiger partial charge in [0.2, 0.25) is 0 Å². The number of aromatic nitrogens is 1. The Morgan fingerprint density at radius 2 is 1.84 bits per heavy atom. The fourth-order valence-electron chi connectivity index (χ4n) is 2.22. The standard InChI is InChI=1S/C15H16N2O2/c1-10-7-12(9-16)11(2)17(10)14-6-5-13(18-3)8-15(14)19-4/h5-8H,1-4H3. The van der Waals surface area contributed by atoms with Crippen LogP contribution in [0.1, 0.15) is 17.0 Å². The van der Waals surface area contributed by atoms with Crippen molar-refractivity contribution in [2.75, 3.05) is 14.2 Å². The zero-order valence-corrected chi connectivity index (χ0v) is 11.5. The van der Waals surface area contributed by atoms with E-state index in [4.69, 9.17) is 14.7 Å². The minimum atomic E-state index is 0.676. The van der Waals surface area contributed by atoms with E-state index in [1.165, 1.54) is 0 Å². The van der Waals surface area contributed by atoms with Crippen molar-refractivity contribution in [1.29, 1.82) is 5.26 Å². The molecule has 4 heteroatoms. The van der Waals surface area contributed by atoms with Gasteiger partial charge in [-0.2, -0.15) is 5.26 Å². The highest BCUT2D eigenvalue weighted by Crippen LogP contribution is 2.31. The average Bonchev–Trinajstić information content (AvgIpc) is 2.72. The second-order valence-corrected chi connectivity index (χ2v) is 4.27. The first-order valence-corrected chi connectivity index (χ1v) is 5.93. The smallest absolute Gasteiger partial charge is 0.146 e. The summed E-state index contributed by atoms with van der Waals surface area (Å²) in [6.45, 7) is 3.90. The molecule has 0 N–H and O–H groups in total. The average molecular weight is 256 g/mol. The van der Waals surface area contributed by atoms with Crippen LogP contribution in [0.25, 0.3) is 5.69 Å². The monoisotopic (exact) mass is 256 g/mol. The number of nitriles is 1. The predicted octanol–water partition coefficient (Wildman–Crippen LogP) is 2.98. The molecule has 0 amide bonds. The summed E-state index contributed by atoms with van der Waals surface area (Å²) in [5, 5.41) is 9.10. The van der Waals surface area contributed by atoms with Gasteiger partial charge >= 0.3 is 0 Å². The summed E-state index contributed by atoms with van der Waals surface area (Å²) in [6.07, 6.45) is 0. The van der Waals surface area contributed by atoms with Gasteiger partial charge in [-0.05, 0) is 32.0 Å².